The van der Waals surface area contributed by atoms with Gasteiger partial charge < -0.3 is 14.8 Å². The maximum atomic E-state index is 5.51. The monoisotopic (exact) mass is 280 g/mol. The average Bonchev–Trinajstić information content (AvgIpc) is 2.46. The quantitative estimate of drug-likeness (QED) is 0.814. The molecule has 112 valence electrons. The lowest BCUT2D eigenvalue weighted by Crippen LogP contribution is -2.42. The molecule has 6 nitrogen and oxygen atoms in total. The number of rotatable bonds is 7. The first kappa shape index (κ1) is 15.0. The summed E-state index contributed by atoms with van der Waals surface area (Å²) in [5.41, 5.74) is 0. The van der Waals surface area contributed by atoms with Crippen LogP contribution in [0.15, 0.2) is 12.4 Å². The largest absolute Gasteiger partial charge is 0.478 e. The van der Waals surface area contributed by atoms with E-state index in [4.69, 9.17) is 9.47 Å². The zero-order chi connectivity index (χ0) is 14.2. The number of nitrogens with zero attached hydrogens (tertiary/aromatic N) is 3. The Bertz CT molecular complexity index is 397. The van der Waals surface area contributed by atoms with Gasteiger partial charge in [0.25, 0.3) is 0 Å². The molecular formula is C14H24N4O2. The SMILES string of the molecule is CCCOc1cc(NC(C)CN2CCOCC2)ncn1. The van der Waals surface area contributed by atoms with E-state index in [2.05, 4.69) is 34.0 Å². The molecular weight excluding hydrogens is 256 g/mol. The minimum absolute atomic E-state index is 0.321. The molecule has 0 spiro atoms. The highest BCUT2D eigenvalue weighted by Gasteiger charge is 2.14. The molecule has 1 aliphatic heterocycles. The van der Waals surface area contributed by atoms with E-state index in [9.17, 15) is 0 Å². The van der Waals surface area contributed by atoms with Gasteiger partial charge in [-0.3, -0.25) is 4.90 Å². The maximum Gasteiger partial charge on any atom is 0.218 e. The van der Waals surface area contributed by atoms with Gasteiger partial charge in [-0.05, 0) is 13.3 Å². The molecule has 0 radical (unpaired) electrons. The van der Waals surface area contributed by atoms with Crippen LogP contribution in [0.3, 0.4) is 0 Å². The number of ether oxygens (including phenoxy) is 2. The van der Waals surface area contributed by atoms with Gasteiger partial charge >= 0.3 is 0 Å². The van der Waals surface area contributed by atoms with Gasteiger partial charge in [0.15, 0.2) is 0 Å². The summed E-state index contributed by atoms with van der Waals surface area (Å²) in [5, 5.41) is 3.39. The Morgan fingerprint density at radius 3 is 2.95 bits per heavy atom. The lowest BCUT2D eigenvalue weighted by Gasteiger charge is -2.29. The van der Waals surface area contributed by atoms with Crippen LogP contribution in [0, 0.1) is 0 Å². The highest BCUT2D eigenvalue weighted by Crippen LogP contribution is 2.12. The van der Waals surface area contributed by atoms with Crippen molar-refractivity contribution in [2.75, 3.05) is 44.8 Å². The van der Waals surface area contributed by atoms with E-state index in [0.29, 0.717) is 18.5 Å². The number of hydrogen-bond acceptors (Lipinski definition) is 6. The van der Waals surface area contributed by atoms with Crippen LogP contribution >= 0.6 is 0 Å². The lowest BCUT2D eigenvalue weighted by molar-refractivity contribution is 0.0368. The van der Waals surface area contributed by atoms with E-state index in [1.807, 2.05) is 6.07 Å². The molecule has 20 heavy (non-hydrogen) atoms. The van der Waals surface area contributed by atoms with Gasteiger partial charge in [0, 0.05) is 31.7 Å². The van der Waals surface area contributed by atoms with Gasteiger partial charge in [-0.25, -0.2) is 9.97 Å². The van der Waals surface area contributed by atoms with Crippen LogP contribution < -0.4 is 10.1 Å². The topological polar surface area (TPSA) is 59.5 Å². The standard InChI is InChI=1S/C14H24N4O2/c1-3-6-20-14-9-13(15-11-16-14)17-12(2)10-18-4-7-19-8-5-18/h9,11-12H,3-8,10H2,1-2H3,(H,15,16,17). The van der Waals surface area contributed by atoms with Gasteiger partial charge in [-0.15, -0.1) is 0 Å². The molecule has 2 rings (SSSR count). The van der Waals surface area contributed by atoms with E-state index < -0.39 is 0 Å². The molecule has 0 aliphatic carbocycles. The van der Waals surface area contributed by atoms with Crippen LogP contribution in [0.25, 0.3) is 0 Å². The van der Waals surface area contributed by atoms with Gasteiger partial charge in [0.1, 0.15) is 12.1 Å². The van der Waals surface area contributed by atoms with E-state index >= 15 is 0 Å². The Labute approximate surface area is 120 Å². The second-order valence-electron chi connectivity index (χ2n) is 5.05. The minimum Gasteiger partial charge on any atom is -0.478 e. The molecule has 0 amide bonds. The summed E-state index contributed by atoms with van der Waals surface area (Å²) in [7, 11) is 0. The Balaban J connectivity index is 1.81. The first-order chi connectivity index (χ1) is 9.78. The fourth-order valence-corrected chi connectivity index (χ4v) is 2.17. The third-order valence-corrected chi connectivity index (χ3v) is 3.13. The molecule has 1 N–H and O–H groups in total. The summed E-state index contributed by atoms with van der Waals surface area (Å²) in [5.74, 6) is 1.44. The smallest absolute Gasteiger partial charge is 0.218 e. The molecule has 1 unspecified atom stereocenters. The summed E-state index contributed by atoms with van der Waals surface area (Å²) in [6, 6.07) is 2.17. The van der Waals surface area contributed by atoms with Crippen molar-refractivity contribution < 1.29 is 9.47 Å². The van der Waals surface area contributed by atoms with Crippen LogP contribution in [-0.2, 0) is 4.74 Å². The van der Waals surface area contributed by atoms with E-state index in [-0.39, 0.29) is 0 Å². The zero-order valence-electron chi connectivity index (χ0n) is 12.3. The third-order valence-electron chi connectivity index (χ3n) is 3.13. The van der Waals surface area contributed by atoms with Gasteiger partial charge in [-0.1, -0.05) is 6.92 Å². The van der Waals surface area contributed by atoms with E-state index in [1.54, 1.807) is 0 Å². The van der Waals surface area contributed by atoms with Crippen LogP contribution in [0.2, 0.25) is 0 Å². The molecule has 1 atom stereocenters. The first-order valence-corrected chi connectivity index (χ1v) is 7.29. The van der Waals surface area contributed by atoms with Gasteiger partial charge in [0.05, 0.1) is 19.8 Å². The second kappa shape index (κ2) is 8.01. The Morgan fingerprint density at radius 2 is 2.20 bits per heavy atom. The average molecular weight is 280 g/mol. The number of morpholine rings is 1. The van der Waals surface area contributed by atoms with Crippen LogP contribution in [0.5, 0.6) is 5.88 Å². The normalized spacial score (nSPS) is 17.7. The van der Waals surface area contributed by atoms with E-state index in [1.165, 1.54) is 6.33 Å². The predicted molar refractivity (Wildman–Crippen MR) is 78.2 cm³/mol. The molecule has 6 heteroatoms. The summed E-state index contributed by atoms with van der Waals surface area (Å²) < 4.78 is 10.9. The Morgan fingerprint density at radius 1 is 1.40 bits per heavy atom. The third kappa shape index (κ3) is 4.94. The molecule has 1 aromatic rings. The van der Waals surface area contributed by atoms with Crippen molar-refractivity contribution in [3.05, 3.63) is 12.4 Å². The molecule has 0 saturated carbocycles. The summed E-state index contributed by atoms with van der Waals surface area (Å²) in [4.78, 5) is 10.7. The second-order valence-corrected chi connectivity index (χ2v) is 5.05. The molecule has 1 fully saturated rings. The summed E-state index contributed by atoms with van der Waals surface area (Å²) in [6.45, 7) is 9.55. The van der Waals surface area contributed by atoms with Crippen LogP contribution in [0.4, 0.5) is 5.82 Å². The fourth-order valence-electron chi connectivity index (χ4n) is 2.17. The van der Waals surface area contributed by atoms with Crippen molar-refractivity contribution >= 4 is 5.82 Å². The Kier molecular flexibility index (Phi) is 6.01. The maximum absolute atomic E-state index is 5.51. The Hall–Kier alpha value is -1.40. The number of nitrogens with one attached hydrogen (secondary N) is 1. The van der Waals surface area contributed by atoms with Crippen LogP contribution in [-0.4, -0.2) is 60.4 Å². The van der Waals surface area contributed by atoms with Crippen molar-refractivity contribution in [3.63, 3.8) is 0 Å². The van der Waals surface area contributed by atoms with Crippen molar-refractivity contribution in [1.29, 1.82) is 0 Å². The molecule has 1 aliphatic rings. The van der Waals surface area contributed by atoms with Crippen molar-refractivity contribution in [2.24, 2.45) is 0 Å². The highest BCUT2D eigenvalue weighted by atomic mass is 16.5. The summed E-state index contributed by atoms with van der Waals surface area (Å²) >= 11 is 0. The van der Waals surface area contributed by atoms with Crippen molar-refractivity contribution in [2.45, 2.75) is 26.3 Å². The van der Waals surface area contributed by atoms with Crippen molar-refractivity contribution in [3.8, 4) is 5.88 Å². The van der Waals surface area contributed by atoms with Gasteiger partial charge in [-0.2, -0.15) is 0 Å². The summed E-state index contributed by atoms with van der Waals surface area (Å²) in [6.07, 6.45) is 2.51. The number of hydrogen-bond donors (Lipinski definition) is 1. The fraction of sp³-hybridized carbons (Fsp3) is 0.714. The van der Waals surface area contributed by atoms with Gasteiger partial charge in [0.2, 0.25) is 5.88 Å². The zero-order valence-corrected chi connectivity index (χ0v) is 12.3. The van der Waals surface area contributed by atoms with E-state index in [0.717, 1.165) is 45.1 Å². The molecule has 2 heterocycles. The minimum atomic E-state index is 0.321. The molecule has 1 saturated heterocycles. The highest BCUT2D eigenvalue weighted by molar-refractivity contribution is 5.38. The molecule has 1 aromatic heterocycles. The molecule has 0 bridgehead atoms. The number of aromatic nitrogens is 2. The van der Waals surface area contributed by atoms with Crippen LogP contribution in [0.1, 0.15) is 20.3 Å². The first-order valence-electron chi connectivity index (χ1n) is 7.29. The lowest BCUT2D eigenvalue weighted by atomic mass is 10.3. The predicted octanol–water partition coefficient (Wildman–Crippen LogP) is 1.40. The van der Waals surface area contributed by atoms with Crippen molar-refractivity contribution in [1.82, 2.24) is 14.9 Å². The number of anilines is 1. The molecule has 0 aromatic carbocycles.